The number of hydrogen-bond acceptors (Lipinski definition) is 2. The normalized spacial score (nSPS) is 22.6. The van der Waals surface area contributed by atoms with Gasteiger partial charge in [0, 0.05) is 5.56 Å². The van der Waals surface area contributed by atoms with Gasteiger partial charge in [-0.15, -0.1) is 0 Å². The molecule has 1 aromatic rings. The first-order valence-electron chi connectivity index (χ1n) is 6.68. The summed E-state index contributed by atoms with van der Waals surface area (Å²) in [5.41, 5.74) is 0.838. The zero-order valence-electron chi connectivity index (χ0n) is 12.1. The molecule has 0 amide bonds. The Labute approximate surface area is 141 Å². The molecule has 0 aliphatic heterocycles. The van der Waals surface area contributed by atoms with E-state index in [4.69, 9.17) is 4.74 Å². The molecule has 0 aromatic heterocycles. The van der Waals surface area contributed by atoms with Gasteiger partial charge >= 0.3 is 5.97 Å². The fraction of sp³-hybridized carbons (Fsp3) is 0.438. The summed E-state index contributed by atoms with van der Waals surface area (Å²) in [6.07, 6.45) is 1.96. The summed E-state index contributed by atoms with van der Waals surface area (Å²) in [5.74, 6) is -0.639. The van der Waals surface area contributed by atoms with E-state index >= 15 is 0 Å². The summed E-state index contributed by atoms with van der Waals surface area (Å²) in [5, 5.41) is 0. The number of allylic oxidation sites excluding steroid dienone is 1. The highest BCUT2D eigenvalue weighted by Gasteiger charge is 2.61. The van der Waals surface area contributed by atoms with Gasteiger partial charge in [-0.1, -0.05) is 38.1 Å². The lowest BCUT2D eigenvalue weighted by atomic mass is 10.1. The number of rotatable bonds is 4. The first-order valence-corrected chi connectivity index (χ1v) is 8.27. The van der Waals surface area contributed by atoms with Gasteiger partial charge in [-0.05, 0) is 55.7 Å². The fourth-order valence-corrected chi connectivity index (χ4v) is 3.20. The third-order valence-electron chi connectivity index (χ3n) is 4.11. The third-order valence-corrected chi connectivity index (χ3v) is 4.64. The maximum atomic E-state index is 13.9. The van der Waals surface area contributed by atoms with Crippen LogP contribution in [-0.4, -0.2) is 5.97 Å². The standard InChI is InChI=1S/C16H17Br2FO2/c1-9-5-4-6-10(14(9)19)8-21-15(20)13-11(7-12(17)18)16(13,2)3/h4-7,11,13H,8H2,1-3H3/t11-,13-/m0/s1. The van der Waals surface area contributed by atoms with Crippen LogP contribution in [0.15, 0.2) is 27.7 Å². The van der Waals surface area contributed by atoms with E-state index in [1.165, 1.54) is 0 Å². The predicted octanol–water partition coefficient (Wildman–Crippen LogP) is 5.08. The van der Waals surface area contributed by atoms with E-state index in [0.717, 1.165) is 3.39 Å². The minimum atomic E-state index is -0.306. The largest absolute Gasteiger partial charge is 0.460 e. The van der Waals surface area contributed by atoms with Crippen molar-refractivity contribution in [1.29, 1.82) is 0 Å². The average molecular weight is 420 g/mol. The molecule has 0 bridgehead atoms. The van der Waals surface area contributed by atoms with Crippen molar-refractivity contribution in [2.75, 3.05) is 0 Å². The Morgan fingerprint density at radius 1 is 1.43 bits per heavy atom. The van der Waals surface area contributed by atoms with Crippen molar-refractivity contribution in [3.05, 3.63) is 44.6 Å². The molecule has 1 saturated carbocycles. The second kappa shape index (κ2) is 6.21. The lowest BCUT2D eigenvalue weighted by Gasteiger charge is -2.08. The summed E-state index contributed by atoms with van der Waals surface area (Å²) in [6.45, 7) is 5.72. The van der Waals surface area contributed by atoms with Gasteiger partial charge in [0.05, 0.1) is 9.31 Å². The van der Waals surface area contributed by atoms with Crippen LogP contribution in [0, 0.1) is 30.0 Å². The highest BCUT2D eigenvalue weighted by atomic mass is 79.9. The first kappa shape index (κ1) is 16.7. The average Bonchev–Trinajstić information content (AvgIpc) is 2.91. The summed E-state index contributed by atoms with van der Waals surface area (Å²) in [6, 6.07) is 5.09. The Balaban J connectivity index is 2.00. The monoisotopic (exact) mass is 418 g/mol. The fourth-order valence-electron chi connectivity index (χ4n) is 2.63. The molecule has 0 unspecified atom stereocenters. The number of halogens is 3. The maximum absolute atomic E-state index is 13.9. The van der Waals surface area contributed by atoms with Gasteiger partial charge in [0.25, 0.3) is 0 Å². The minimum absolute atomic E-state index is 0.0230. The van der Waals surface area contributed by atoms with Crippen molar-refractivity contribution in [2.45, 2.75) is 27.4 Å². The lowest BCUT2D eigenvalue weighted by Crippen LogP contribution is -2.11. The molecule has 1 aromatic carbocycles. The number of aryl methyl sites for hydroxylation is 1. The lowest BCUT2D eigenvalue weighted by molar-refractivity contribution is -0.147. The van der Waals surface area contributed by atoms with Gasteiger partial charge in [0.15, 0.2) is 0 Å². The number of carbonyl (C=O) groups is 1. The minimum Gasteiger partial charge on any atom is -0.460 e. The molecule has 2 nitrogen and oxygen atoms in total. The van der Waals surface area contributed by atoms with Gasteiger partial charge < -0.3 is 4.74 Å². The van der Waals surface area contributed by atoms with Gasteiger partial charge in [0.2, 0.25) is 0 Å². The highest BCUT2D eigenvalue weighted by molar-refractivity contribution is 9.28. The zero-order valence-corrected chi connectivity index (χ0v) is 15.3. The number of benzene rings is 1. The summed E-state index contributed by atoms with van der Waals surface area (Å²) < 4.78 is 20.0. The van der Waals surface area contributed by atoms with Crippen LogP contribution in [0.25, 0.3) is 0 Å². The van der Waals surface area contributed by atoms with Gasteiger partial charge in [-0.3, -0.25) is 4.79 Å². The molecular weight excluding hydrogens is 403 g/mol. The first-order chi connectivity index (χ1) is 9.75. The van der Waals surface area contributed by atoms with Crippen molar-refractivity contribution in [3.8, 4) is 0 Å². The second-order valence-corrected chi connectivity index (χ2v) is 8.71. The van der Waals surface area contributed by atoms with E-state index in [0.29, 0.717) is 11.1 Å². The number of ether oxygens (including phenoxy) is 1. The summed E-state index contributed by atoms with van der Waals surface area (Å²) in [7, 11) is 0. The Morgan fingerprint density at radius 2 is 2.10 bits per heavy atom. The Morgan fingerprint density at radius 3 is 2.71 bits per heavy atom. The van der Waals surface area contributed by atoms with Crippen LogP contribution >= 0.6 is 31.9 Å². The van der Waals surface area contributed by atoms with Crippen LogP contribution in [0.1, 0.15) is 25.0 Å². The van der Waals surface area contributed by atoms with E-state index in [-0.39, 0.29) is 35.6 Å². The second-order valence-electron chi connectivity index (χ2n) is 5.94. The molecule has 2 atom stereocenters. The molecule has 1 fully saturated rings. The molecule has 5 heteroatoms. The van der Waals surface area contributed by atoms with Crippen LogP contribution < -0.4 is 0 Å². The summed E-state index contributed by atoms with van der Waals surface area (Å²) in [4.78, 5) is 12.2. The number of esters is 1. The zero-order chi connectivity index (χ0) is 15.8. The van der Waals surface area contributed by atoms with Crippen molar-refractivity contribution >= 4 is 37.8 Å². The van der Waals surface area contributed by atoms with E-state index in [2.05, 4.69) is 31.9 Å². The SMILES string of the molecule is Cc1cccc(COC(=O)[C@@H]2[C@H](C=C(Br)Br)C2(C)C)c1F. The molecule has 0 spiro atoms. The van der Waals surface area contributed by atoms with Crippen molar-refractivity contribution in [2.24, 2.45) is 17.3 Å². The molecule has 114 valence electrons. The van der Waals surface area contributed by atoms with Crippen molar-refractivity contribution in [1.82, 2.24) is 0 Å². The smallest absolute Gasteiger partial charge is 0.310 e. The van der Waals surface area contributed by atoms with E-state index in [1.807, 2.05) is 19.9 Å². The van der Waals surface area contributed by atoms with E-state index < -0.39 is 0 Å². The van der Waals surface area contributed by atoms with Crippen LogP contribution in [0.5, 0.6) is 0 Å². The molecule has 2 rings (SSSR count). The maximum Gasteiger partial charge on any atom is 0.310 e. The molecule has 0 saturated heterocycles. The third kappa shape index (κ3) is 3.57. The van der Waals surface area contributed by atoms with Crippen LogP contribution in [0.3, 0.4) is 0 Å². The Bertz CT molecular complexity index is 592. The topological polar surface area (TPSA) is 26.3 Å². The molecule has 1 aliphatic carbocycles. The van der Waals surface area contributed by atoms with Crippen molar-refractivity contribution in [3.63, 3.8) is 0 Å². The molecular formula is C16H17Br2FO2. The van der Waals surface area contributed by atoms with Crippen LogP contribution in [-0.2, 0) is 16.1 Å². The molecule has 0 heterocycles. The molecule has 0 radical (unpaired) electrons. The Hall–Kier alpha value is -0.680. The van der Waals surface area contributed by atoms with Gasteiger partial charge in [0.1, 0.15) is 12.4 Å². The summed E-state index contributed by atoms with van der Waals surface area (Å²) >= 11 is 6.63. The number of hydrogen-bond donors (Lipinski definition) is 0. The van der Waals surface area contributed by atoms with Crippen LogP contribution in [0.4, 0.5) is 4.39 Å². The van der Waals surface area contributed by atoms with Gasteiger partial charge in [-0.2, -0.15) is 0 Å². The Kier molecular flexibility index (Phi) is 4.93. The molecule has 0 N–H and O–H groups in total. The molecule has 1 aliphatic rings. The van der Waals surface area contributed by atoms with Crippen molar-refractivity contribution < 1.29 is 13.9 Å². The number of carbonyl (C=O) groups excluding carboxylic acids is 1. The van der Waals surface area contributed by atoms with Crippen LogP contribution in [0.2, 0.25) is 0 Å². The predicted molar refractivity (Wildman–Crippen MR) is 87.6 cm³/mol. The quantitative estimate of drug-likeness (QED) is 0.636. The van der Waals surface area contributed by atoms with E-state index in [9.17, 15) is 9.18 Å². The highest BCUT2D eigenvalue weighted by Crippen LogP contribution is 2.60. The van der Waals surface area contributed by atoms with Gasteiger partial charge in [-0.25, -0.2) is 4.39 Å². The van der Waals surface area contributed by atoms with E-state index in [1.54, 1.807) is 25.1 Å². The molecule has 21 heavy (non-hydrogen) atoms.